The normalized spacial score (nSPS) is 30.1. The molecule has 0 saturated carbocycles. The minimum absolute atomic E-state index is 0.506. The summed E-state index contributed by atoms with van der Waals surface area (Å²) in [4.78, 5) is 24.8. The van der Waals surface area contributed by atoms with Crippen molar-refractivity contribution >= 4 is 0 Å². The van der Waals surface area contributed by atoms with Gasteiger partial charge in [-0.05, 0) is 0 Å². The molecule has 2 heterocycles. The summed E-state index contributed by atoms with van der Waals surface area (Å²) < 4.78 is 5.71. The molecule has 6 N–H and O–H groups in total. The highest BCUT2D eigenvalue weighted by atomic mass is 16.6. The predicted octanol–water partition coefficient (Wildman–Crippen LogP) is -3.87. The molecule has 1 saturated heterocycles. The van der Waals surface area contributed by atoms with E-state index in [1.54, 1.807) is 0 Å². The lowest BCUT2D eigenvalue weighted by atomic mass is 10.1. The van der Waals surface area contributed by atoms with Crippen LogP contribution in [0.1, 0.15) is 18.2 Å². The third-order valence-corrected chi connectivity index (χ3v) is 3.04. The SMILES string of the molecule is O=c1cc(C(O)O)n([C@@H]2O[C@H](CO)[C@@H](O)[C@H]2O)c(=O)[nH]1. The van der Waals surface area contributed by atoms with E-state index in [4.69, 9.17) is 9.84 Å². The van der Waals surface area contributed by atoms with Gasteiger partial charge in [0.2, 0.25) is 0 Å². The lowest BCUT2D eigenvalue weighted by Gasteiger charge is -2.21. The first-order valence-electron chi connectivity index (χ1n) is 5.71. The van der Waals surface area contributed by atoms with Crippen molar-refractivity contribution in [2.24, 2.45) is 0 Å². The minimum Gasteiger partial charge on any atom is -0.394 e. The Hall–Kier alpha value is -1.56. The van der Waals surface area contributed by atoms with E-state index < -0.39 is 54.4 Å². The molecule has 0 radical (unpaired) electrons. The maximum atomic E-state index is 11.7. The molecule has 112 valence electrons. The van der Waals surface area contributed by atoms with E-state index >= 15 is 0 Å². The maximum absolute atomic E-state index is 11.7. The van der Waals surface area contributed by atoms with Crippen LogP contribution in [0.5, 0.6) is 0 Å². The van der Waals surface area contributed by atoms with E-state index in [1.165, 1.54) is 0 Å². The third-order valence-electron chi connectivity index (χ3n) is 3.04. The van der Waals surface area contributed by atoms with Crippen molar-refractivity contribution in [3.05, 3.63) is 32.6 Å². The van der Waals surface area contributed by atoms with Crippen LogP contribution in [0.25, 0.3) is 0 Å². The monoisotopic (exact) mass is 290 g/mol. The fourth-order valence-electron chi connectivity index (χ4n) is 2.08. The summed E-state index contributed by atoms with van der Waals surface area (Å²) in [5.74, 6) is 0. The van der Waals surface area contributed by atoms with Crippen LogP contribution in [0.3, 0.4) is 0 Å². The van der Waals surface area contributed by atoms with Crippen LogP contribution in [-0.2, 0) is 4.74 Å². The Balaban J connectivity index is 2.53. The molecule has 0 aromatic carbocycles. The van der Waals surface area contributed by atoms with Gasteiger partial charge in [-0.2, -0.15) is 0 Å². The minimum atomic E-state index is -2.16. The fourth-order valence-corrected chi connectivity index (χ4v) is 2.08. The number of rotatable bonds is 3. The second-order valence-corrected chi connectivity index (χ2v) is 4.34. The molecular formula is C10H14N2O8. The summed E-state index contributed by atoms with van der Waals surface area (Å²) in [6.45, 7) is -0.607. The van der Waals surface area contributed by atoms with Crippen LogP contribution in [0, 0.1) is 0 Å². The van der Waals surface area contributed by atoms with Crippen molar-refractivity contribution in [1.29, 1.82) is 0 Å². The molecule has 1 fully saturated rings. The Labute approximate surface area is 111 Å². The molecule has 10 heteroatoms. The highest BCUT2D eigenvalue weighted by Gasteiger charge is 2.44. The first-order valence-corrected chi connectivity index (χ1v) is 5.71. The smallest absolute Gasteiger partial charge is 0.330 e. The number of aliphatic hydroxyl groups excluding tert-OH is 4. The highest BCUT2D eigenvalue weighted by Crippen LogP contribution is 2.29. The molecule has 20 heavy (non-hydrogen) atoms. The van der Waals surface area contributed by atoms with Gasteiger partial charge in [0.1, 0.15) is 18.3 Å². The van der Waals surface area contributed by atoms with Crippen molar-refractivity contribution in [3.63, 3.8) is 0 Å². The van der Waals surface area contributed by atoms with Crippen molar-refractivity contribution in [1.82, 2.24) is 9.55 Å². The summed E-state index contributed by atoms with van der Waals surface area (Å²) in [6, 6.07) is 0.751. The number of H-pyrrole nitrogens is 1. The van der Waals surface area contributed by atoms with Gasteiger partial charge >= 0.3 is 5.69 Å². The zero-order valence-corrected chi connectivity index (χ0v) is 10.1. The molecule has 0 spiro atoms. The summed E-state index contributed by atoms with van der Waals surface area (Å²) >= 11 is 0. The average Bonchev–Trinajstić information content (AvgIpc) is 2.65. The lowest BCUT2D eigenvalue weighted by molar-refractivity contribution is -0.0804. The van der Waals surface area contributed by atoms with Crippen LogP contribution < -0.4 is 11.2 Å². The zero-order valence-electron chi connectivity index (χ0n) is 10.1. The van der Waals surface area contributed by atoms with Gasteiger partial charge in [-0.1, -0.05) is 0 Å². The van der Waals surface area contributed by atoms with Gasteiger partial charge in [0.15, 0.2) is 12.5 Å². The van der Waals surface area contributed by atoms with E-state index in [2.05, 4.69) is 0 Å². The topological polar surface area (TPSA) is 165 Å². The van der Waals surface area contributed by atoms with E-state index in [0.717, 1.165) is 6.07 Å². The van der Waals surface area contributed by atoms with Crippen molar-refractivity contribution < 1.29 is 30.3 Å². The Morgan fingerprint density at radius 2 is 1.95 bits per heavy atom. The third kappa shape index (κ3) is 2.40. The van der Waals surface area contributed by atoms with Gasteiger partial charge < -0.3 is 30.3 Å². The van der Waals surface area contributed by atoms with E-state index in [9.17, 15) is 30.0 Å². The van der Waals surface area contributed by atoms with Gasteiger partial charge in [-0.25, -0.2) is 4.79 Å². The van der Waals surface area contributed by atoms with E-state index in [0.29, 0.717) is 4.57 Å². The lowest BCUT2D eigenvalue weighted by Crippen LogP contribution is -2.40. The molecule has 2 rings (SSSR count). The van der Waals surface area contributed by atoms with Gasteiger partial charge in [0.05, 0.1) is 12.3 Å². The van der Waals surface area contributed by atoms with E-state index in [-0.39, 0.29) is 0 Å². The Morgan fingerprint density at radius 3 is 2.45 bits per heavy atom. The first-order chi connectivity index (χ1) is 9.36. The second kappa shape index (κ2) is 5.44. The van der Waals surface area contributed by atoms with Gasteiger partial charge in [0.25, 0.3) is 5.56 Å². The molecular weight excluding hydrogens is 276 g/mol. The summed E-state index contributed by atoms with van der Waals surface area (Å²) in [5, 5.41) is 46.8. The van der Waals surface area contributed by atoms with Crippen molar-refractivity contribution in [3.8, 4) is 0 Å². The summed E-state index contributed by atoms with van der Waals surface area (Å²) in [6.07, 6.45) is -7.83. The molecule has 1 aliphatic heterocycles. The number of hydrogen-bond acceptors (Lipinski definition) is 8. The van der Waals surface area contributed by atoms with Crippen molar-refractivity contribution in [2.45, 2.75) is 30.8 Å². The van der Waals surface area contributed by atoms with Crippen LogP contribution in [0.15, 0.2) is 15.7 Å². The fraction of sp³-hybridized carbons (Fsp3) is 0.600. The van der Waals surface area contributed by atoms with Crippen LogP contribution >= 0.6 is 0 Å². The van der Waals surface area contributed by atoms with E-state index in [1.807, 2.05) is 4.98 Å². The van der Waals surface area contributed by atoms with Crippen LogP contribution in [0.2, 0.25) is 0 Å². The molecule has 10 nitrogen and oxygen atoms in total. The van der Waals surface area contributed by atoms with Gasteiger partial charge in [-0.3, -0.25) is 14.3 Å². The molecule has 0 bridgehead atoms. The predicted molar refractivity (Wildman–Crippen MR) is 61.5 cm³/mol. The molecule has 4 atom stereocenters. The molecule has 0 amide bonds. The molecule has 1 aromatic heterocycles. The molecule has 0 unspecified atom stereocenters. The van der Waals surface area contributed by atoms with Crippen molar-refractivity contribution in [2.75, 3.05) is 6.61 Å². The standard InChI is InChI=1S/C10H14N2O8/c13-2-4-6(15)7(16)8(20-4)12-3(9(17)18)1-5(14)11-10(12)19/h1,4,6-9,13,15-18H,2H2,(H,11,14,19)/t4-,6-,7-,8-/m1/s1. The largest absolute Gasteiger partial charge is 0.394 e. The Bertz CT molecular complexity index is 594. The summed E-state index contributed by atoms with van der Waals surface area (Å²) in [7, 11) is 0. The second-order valence-electron chi connectivity index (χ2n) is 4.34. The number of hydrogen-bond donors (Lipinski definition) is 6. The number of aromatic amines is 1. The zero-order chi connectivity index (χ0) is 15.0. The quantitative estimate of drug-likeness (QED) is 0.308. The first kappa shape index (κ1) is 14.8. The molecule has 0 aliphatic carbocycles. The Kier molecular flexibility index (Phi) is 4.04. The number of aliphatic hydroxyl groups is 5. The highest BCUT2D eigenvalue weighted by molar-refractivity contribution is 5.06. The van der Waals surface area contributed by atoms with Gasteiger partial charge in [0, 0.05) is 6.07 Å². The Morgan fingerprint density at radius 1 is 1.30 bits per heavy atom. The average molecular weight is 290 g/mol. The van der Waals surface area contributed by atoms with Crippen LogP contribution in [0.4, 0.5) is 0 Å². The molecule has 1 aromatic rings. The molecule has 1 aliphatic rings. The maximum Gasteiger partial charge on any atom is 0.330 e. The number of ether oxygens (including phenoxy) is 1. The number of aromatic nitrogens is 2. The van der Waals surface area contributed by atoms with Crippen LogP contribution in [-0.4, -0.2) is 60.0 Å². The number of nitrogens with zero attached hydrogens (tertiary/aromatic N) is 1. The number of nitrogens with one attached hydrogen (secondary N) is 1. The van der Waals surface area contributed by atoms with Gasteiger partial charge in [-0.15, -0.1) is 0 Å². The summed E-state index contributed by atoms with van der Waals surface area (Å²) in [5.41, 5.74) is -2.41.